The second-order valence-corrected chi connectivity index (χ2v) is 6.09. The average molecular weight is 478 g/mol. The summed E-state index contributed by atoms with van der Waals surface area (Å²) < 4.78 is 0. The number of carbonyl (C=O) groups is 2. The van der Waals surface area contributed by atoms with E-state index in [1.807, 2.05) is 12.1 Å². The third-order valence-electron chi connectivity index (χ3n) is 4.44. The SMILES string of the molecule is CN=C(NCCN1C(=O)c2ccccc2C1=O)NCc1ccccc1C.I. The van der Waals surface area contributed by atoms with Crippen LogP contribution >= 0.6 is 24.0 Å². The molecule has 0 unspecified atom stereocenters. The Morgan fingerprint density at radius 2 is 1.56 bits per heavy atom. The van der Waals surface area contributed by atoms with Gasteiger partial charge in [0.15, 0.2) is 5.96 Å². The van der Waals surface area contributed by atoms with Gasteiger partial charge in [-0.05, 0) is 30.2 Å². The molecule has 7 heteroatoms. The van der Waals surface area contributed by atoms with Crippen molar-refractivity contribution >= 4 is 41.8 Å². The summed E-state index contributed by atoms with van der Waals surface area (Å²) in [6, 6.07) is 15.0. The highest BCUT2D eigenvalue weighted by atomic mass is 127. The van der Waals surface area contributed by atoms with Gasteiger partial charge in [-0.1, -0.05) is 36.4 Å². The van der Waals surface area contributed by atoms with Crippen molar-refractivity contribution in [2.45, 2.75) is 13.5 Å². The van der Waals surface area contributed by atoms with Crippen LogP contribution < -0.4 is 10.6 Å². The number of carbonyl (C=O) groups excluding carboxylic acids is 2. The third kappa shape index (κ3) is 4.65. The van der Waals surface area contributed by atoms with Crippen molar-refractivity contribution in [1.82, 2.24) is 15.5 Å². The number of imide groups is 1. The van der Waals surface area contributed by atoms with Crippen LogP contribution in [0, 0.1) is 6.92 Å². The van der Waals surface area contributed by atoms with Gasteiger partial charge in [-0.15, -0.1) is 24.0 Å². The molecule has 3 rings (SSSR count). The zero-order chi connectivity index (χ0) is 18.5. The van der Waals surface area contributed by atoms with Gasteiger partial charge in [-0.25, -0.2) is 0 Å². The minimum absolute atomic E-state index is 0. The fourth-order valence-corrected chi connectivity index (χ4v) is 2.94. The van der Waals surface area contributed by atoms with Crippen LogP contribution in [0.1, 0.15) is 31.8 Å². The molecule has 6 nitrogen and oxygen atoms in total. The summed E-state index contributed by atoms with van der Waals surface area (Å²) in [6.07, 6.45) is 0. The van der Waals surface area contributed by atoms with E-state index in [-0.39, 0.29) is 42.3 Å². The van der Waals surface area contributed by atoms with Gasteiger partial charge in [0.2, 0.25) is 0 Å². The number of amides is 2. The molecule has 0 radical (unpaired) electrons. The molecule has 0 bridgehead atoms. The van der Waals surface area contributed by atoms with Crippen LogP contribution in [0.4, 0.5) is 0 Å². The van der Waals surface area contributed by atoms with Crippen LogP contribution in [-0.2, 0) is 6.54 Å². The zero-order valence-electron chi connectivity index (χ0n) is 15.4. The fourth-order valence-electron chi connectivity index (χ4n) is 2.94. The van der Waals surface area contributed by atoms with E-state index in [4.69, 9.17) is 0 Å². The first-order chi connectivity index (χ1) is 12.6. The molecule has 0 aliphatic carbocycles. The lowest BCUT2D eigenvalue weighted by Crippen LogP contribution is -2.42. The fraction of sp³-hybridized carbons (Fsp3) is 0.250. The Balaban J connectivity index is 0.00000261. The number of rotatable bonds is 5. The summed E-state index contributed by atoms with van der Waals surface area (Å²) in [4.78, 5) is 30.1. The monoisotopic (exact) mass is 478 g/mol. The van der Waals surface area contributed by atoms with Gasteiger partial charge >= 0.3 is 0 Å². The molecular formula is C20H23IN4O2. The molecule has 1 aliphatic rings. The van der Waals surface area contributed by atoms with Crippen molar-refractivity contribution in [2.24, 2.45) is 4.99 Å². The van der Waals surface area contributed by atoms with Crippen LogP contribution in [0.2, 0.25) is 0 Å². The molecule has 2 amide bonds. The van der Waals surface area contributed by atoms with E-state index >= 15 is 0 Å². The number of halogens is 1. The first kappa shape index (κ1) is 20.9. The number of nitrogens with one attached hydrogen (secondary N) is 2. The van der Waals surface area contributed by atoms with E-state index in [0.717, 1.165) is 0 Å². The van der Waals surface area contributed by atoms with Crippen LogP contribution in [0.5, 0.6) is 0 Å². The summed E-state index contributed by atoms with van der Waals surface area (Å²) in [7, 11) is 1.69. The van der Waals surface area contributed by atoms with Crippen molar-refractivity contribution < 1.29 is 9.59 Å². The highest BCUT2D eigenvalue weighted by Gasteiger charge is 2.34. The molecule has 1 heterocycles. The Morgan fingerprint density at radius 1 is 0.963 bits per heavy atom. The smallest absolute Gasteiger partial charge is 0.261 e. The number of nitrogens with zero attached hydrogens (tertiary/aromatic N) is 2. The molecule has 142 valence electrons. The van der Waals surface area contributed by atoms with Crippen LogP contribution in [0.15, 0.2) is 53.5 Å². The minimum Gasteiger partial charge on any atom is -0.355 e. The number of aliphatic imine (C=N–C) groups is 1. The molecule has 0 saturated heterocycles. The molecule has 2 N–H and O–H groups in total. The number of hydrogen-bond donors (Lipinski definition) is 2. The molecule has 1 aliphatic heterocycles. The molecule has 27 heavy (non-hydrogen) atoms. The third-order valence-corrected chi connectivity index (χ3v) is 4.44. The van der Waals surface area contributed by atoms with Gasteiger partial charge in [-0.2, -0.15) is 0 Å². The van der Waals surface area contributed by atoms with Gasteiger partial charge in [0, 0.05) is 26.7 Å². The average Bonchev–Trinajstić information content (AvgIpc) is 2.90. The second-order valence-electron chi connectivity index (χ2n) is 6.09. The largest absolute Gasteiger partial charge is 0.355 e. The standard InChI is InChI=1S/C20H22N4O2.HI/c1-14-7-3-4-8-15(14)13-23-20(21-2)22-11-12-24-18(25)16-9-5-6-10-17(16)19(24)26;/h3-10H,11-13H2,1-2H3,(H2,21,22,23);1H. The number of aryl methyl sites for hydroxylation is 1. The molecule has 0 saturated carbocycles. The predicted molar refractivity (Wildman–Crippen MR) is 117 cm³/mol. The Labute approximate surface area is 176 Å². The van der Waals surface area contributed by atoms with Crippen molar-refractivity contribution in [2.75, 3.05) is 20.1 Å². The van der Waals surface area contributed by atoms with E-state index in [1.54, 1.807) is 31.3 Å². The molecule has 0 spiro atoms. The van der Waals surface area contributed by atoms with Crippen molar-refractivity contribution in [3.05, 3.63) is 70.8 Å². The van der Waals surface area contributed by atoms with E-state index in [1.165, 1.54) is 16.0 Å². The number of benzene rings is 2. The van der Waals surface area contributed by atoms with Crippen molar-refractivity contribution in [3.63, 3.8) is 0 Å². The number of hydrogen-bond acceptors (Lipinski definition) is 3. The number of guanidine groups is 1. The lowest BCUT2D eigenvalue weighted by molar-refractivity contribution is 0.0657. The summed E-state index contributed by atoms with van der Waals surface area (Å²) in [5.41, 5.74) is 3.34. The van der Waals surface area contributed by atoms with Crippen molar-refractivity contribution in [1.29, 1.82) is 0 Å². The first-order valence-corrected chi connectivity index (χ1v) is 8.56. The Hall–Kier alpha value is -2.42. The lowest BCUT2D eigenvalue weighted by Gasteiger charge is -2.16. The molecule has 0 atom stereocenters. The Morgan fingerprint density at radius 3 is 2.15 bits per heavy atom. The van der Waals surface area contributed by atoms with Crippen molar-refractivity contribution in [3.8, 4) is 0 Å². The molecule has 2 aromatic carbocycles. The molecule has 0 aromatic heterocycles. The summed E-state index contributed by atoms with van der Waals surface area (Å²) in [6.45, 7) is 3.44. The number of fused-ring (bicyclic) bond motifs is 1. The zero-order valence-corrected chi connectivity index (χ0v) is 17.7. The Bertz CT molecular complexity index is 832. The van der Waals surface area contributed by atoms with Gasteiger partial charge < -0.3 is 10.6 Å². The molecule has 0 fully saturated rings. The predicted octanol–water partition coefficient (Wildman–Crippen LogP) is 2.57. The van der Waals surface area contributed by atoms with Crippen LogP contribution in [0.25, 0.3) is 0 Å². The maximum Gasteiger partial charge on any atom is 0.261 e. The van der Waals surface area contributed by atoms with E-state index < -0.39 is 0 Å². The van der Waals surface area contributed by atoms with Crippen LogP contribution in [0.3, 0.4) is 0 Å². The second kappa shape index (κ2) is 9.50. The lowest BCUT2D eigenvalue weighted by atomic mass is 10.1. The quantitative estimate of drug-likeness (QED) is 0.300. The van der Waals surface area contributed by atoms with Gasteiger partial charge in [0.25, 0.3) is 11.8 Å². The van der Waals surface area contributed by atoms with E-state index in [0.29, 0.717) is 30.2 Å². The maximum atomic E-state index is 12.3. The molecule has 2 aromatic rings. The normalized spacial score (nSPS) is 13.3. The summed E-state index contributed by atoms with van der Waals surface area (Å²) in [5.74, 6) is 0.148. The summed E-state index contributed by atoms with van der Waals surface area (Å²) in [5, 5.41) is 6.39. The van der Waals surface area contributed by atoms with Gasteiger partial charge in [0.1, 0.15) is 0 Å². The van der Waals surface area contributed by atoms with Crippen LogP contribution in [-0.4, -0.2) is 42.8 Å². The van der Waals surface area contributed by atoms with Gasteiger partial charge in [0.05, 0.1) is 11.1 Å². The van der Waals surface area contributed by atoms with E-state index in [2.05, 4.69) is 34.7 Å². The Kier molecular flexibility index (Phi) is 7.35. The minimum atomic E-state index is -0.241. The molecular weight excluding hydrogens is 455 g/mol. The maximum absolute atomic E-state index is 12.3. The first-order valence-electron chi connectivity index (χ1n) is 8.56. The topological polar surface area (TPSA) is 73.8 Å². The summed E-state index contributed by atoms with van der Waals surface area (Å²) >= 11 is 0. The van der Waals surface area contributed by atoms with E-state index in [9.17, 15) is 9.59 Å². The highest BCUT2D eigenvalue weighted by molar-refractivity contribution is 14.0. The van der Waals surface area contributed by atoms with Gasteiger partial charge in [-0.3, -0.25) is 19.5 Å². The highest BCUT2D eigenvalue weighted by Crippen LogP contribution is 2.21.